The van der Waals surface area contributed by atoms with Crippen LogP contribution in [0.5, 0.6) is 5.75 Å². The zero-order valence-electron chi connectivity index (χ0n) is 11.2. The molecule has 0 aliphatic heterocycles. The number of ether oxygens (including phenoxy) is 1. The first-order chi connectivity index (χ1) is 10.1. The predicted molar refractivity (Wildman–Crippen MR) is 79.8 cm³/mol. The molecule has 21 heavy (non-hydrogen) atoms. The molecule has 0 radical (unpaired) electrons. The van der Waals surface area contributed by atoms with Gasteiger partial charge in [0, 0.05) is 16.6 Å². The number of urea groups is 1. The van der Waals surface area contributed by atoms with Crippen molar-refractivity contribution < 1.29 is 19.4 Å². The van der Waals surface area contributed by atoms with Gasteiger partial charge in [-0.2, -0.15) is 0 Å². The van der Waals surface area contributed by atoms with E-state index in [2.05, 4.69) is 10.6 Å². The van der Waals surface area contributed by atoms with Gasteiger partial charge in [0.05, 0.1) is 7.11 Å². The molecule has 1 heterocycles. The fourth-order valence-corrected chi connectivity index (χ4v) is 2.48. The van der Waals surface area contributed by atoms with E-state index in [0.717, 1.165) is 0 Å². The van der Waals surface area contributed by atoms with Gasteiger partial charge < -0.3 is 20.5 Å². The molecule has 110 valence electrons. The van der Waals surface area contributed by atoms with Crippen molar-refractivity contribution in [3.63, 3.8) is 0 Å². The number of carboxylic acids is 1. The molecule has 0 saturated carbocycles. The van der Waals surface area contributed by atoms with Gasteiger partial charge in [0.2, 0.25) is 0 Å². The normalized spacial score (nSPS) is 11.5. The van der Waals surface area contributed by atoms with Crippen molar-refractivity contribution in [3.8, 4) is 5.75 Å². The maximum atomic E-state index is 11.9. The molecule has 0 bridgehead atoms. The summed E-state index contributed by atoms with van der Waals surface area (Å²) in [4.78, 5) is 23.7. The lowest BCUT2D eigenvalue weighted by Gasteiger charge is -2.14. The summed E-state index contributed by atoms with van der Waals surface area (Å²) < 4.78 is 5.05. The number of benzene rings is 1. The van der Waals surface area contributed by atoms with E-state index >= 15 is 0 Å². The number of rotatable bonds is 5. The predicted octanol–water partition coefficient (Wildman–Crippen LogP) is 2.70. The highest BCUT2D eigenvalue weighted by Gasteiger charge is 2.22. The molecular formula is C14H14N2O4S. The summed E-state index contributed by atoms with van der Waals surface area (Å²) in [5.74, 6) is -0.515. The fourth-order valence-electron chi connectivity index (χ4n) is 1.71. The third kappa shape index (κ3) is 3.96. The van der Waals surface area contributed by atoms with E-state index < -0.39 is 18.0 Å². The molecule has 0 fully saturated rings. The minimum Gasteiger partial charge on any atom is -0.497 e. The third-order valence-electron chi connectivity index (χ3n) is 2.68. The van der Waals surface area contributed by atoms with Gasteiger partial charge in [-0.05, 0) is 23.6 Å². The van der Waals surface area contributed by atoms with Crippen molar-refractivity contribution in [2.75, 3.05) is 12.4 Å². The van der Waals surface area contributed by atoms with Crippen LogP contribution in [-0.4, -0.2) is 24.2 Å². The number of carboxylic acid groups (broad SMARTS) is 1. The number of amides is 2. The summed E-state index contributed by atoms with van der Waals surface area (Å²) in [7, 11) is 1.52. The van der Waals surface area contributed by atoms with Gasteiger partial charge in [0.25, 0.3) is 0 Å². The molecule has 2 amide bonds. The quantitative estimate of drug-likeness (QED) is 0.792. The van der Waals surface area contributed by atoms with Crippen molar-refractivity contribution in [2.24, 2.45) is 0 Å². The van der Waals surface area contributed by atoms with Crippen LogP contribution in [0, 0.1) is 0 Å². The second kappa shape index (κ2) is 6.76. The molecular weight excluding hydrogens is 292 g/mol. The van der Waals surface area contributed by atoms with Crippen LogP contribution in [0.15, 0.2) is 41.8 Å². The summed E-state index contributed by atoms with van der Waals surface area (Å²) in [6.07, 6.45) is 0. The van der Waals surface area contributed by atoms with Crippen LogP contribution in [-0.2, 0) is 4.79 Å². The van der Waals surface area contributed by atoms with Crippen LogP contribution in [0.4, 0.5) is 10.5 Å². The third-order valence-corrected chi connectivity index (χ3v) is 3.61. The maximum Gasteiger partial charge on any atom is 0.331 e. The van der Waals surface area contributed by atoms with Crippen LogP contribution in [0.2, 0.25) is 0 Å². The zero-order valence-corrected chi connectivity index (χ0v) is 12.0. The number of hydrogen-bond acceptors (Lipinski definition) is 4. The van der Waals surface area contributed by atoms with E-state index in [1.54, 1.807) is 41.8 Å². The summed E-state index contributed by atoms with van der Waals surface area (Å²) in [5, 5.41) is 15.9. The number of anilines is 1. The summed E-state index contributed by atoms with van der Waals surface area (Å²) in [6, 6.07) is 8.52. The smallest absolute Gasteiger partial charge is 0.331 e. The zero-order chi connectivity index (χ0) is 15.2. The molecule has 0 spiro atoms. The van der Waals surface area contributed by atoms with E-state index in [9.17, 15) is 14.7 Å². The SMILES string of the molecule is COc1cccc(NC(=O)NC(C(=O)O)c2cccs2)c1. The van der Waals surface area contributed by atoms with Crippen LogP contribution in [0.1, 0.15) is 10.9 Å². The minimum absolute atomic E-state index is 0.516. The van der Waals surface area contributed by atoms with Gasteiger partial charge in [-0.25, -0.2) is 9.59 Å². The van der Waals surface area contributed by atoms with Crippen molar-refractivity contribution in [3.05, 3.63) is 46.7 Å². The van der Waals surface area contributed by atoms with E-state index in [1.165, 1.54) is 18.4 Å². The van der Waals surface area contributed by atoms with Crippen LogP contribution < -0.4 is 15.4 Å². The van der Waals surface area contributed by atoms with Crippen LogP contribution in [0.3, 0.4) is 0 Å². The topological polar surface area (TPSA) is 87.7 Å². The lowest BCUT2D eigenvalue weighted by molar-refractivity contribution is -0.139. The molecule has 3 N–H and O–H groups in total. The minimum atomic E-state index is -1.11. The molecule has 2 rings (SSSR count). The fraction of sp³-hybridized carbons (Fsp3) is 0.143. The lowest BCUT2D eigenvalue weighted by Crippen LogP contribution is -2.36. The van der Waals surface area contributed by atoms with Crippen LogP contribution >= 0.6 is 11.3 Å². The summed E-state index contributed by atoms with van der Waals surface area (Å²) in [6.45, 7) is 0. The van der Waals surface area contributed by atoms with Crippen molar-refractivity contribution in [1.29, 1.82) is 0 Å². The van der Waals surface area contributed by atoms with Crippen molar-refractivity contribution >= 4 is 29.0 Å². The Morgan fingerprint density at radius 3 is 2.71 bits per heavy atom. The number of aliphatic carboxylic acids is 1. The average molecular weight is 306 g/mol. The van der Waals surface area contributed by atoms with E-state index in [4.69, 9.17) is 4.74 Å². The molecule has 1 aromatic heterocycles. The van der Waals surface area contributed by atoms with Gasteiger partial charge in [-0.3, -0.25) is 0 Å². The standard InChI is InChI=1S/C14H14N2O4S/c1-20-10-5-2-4-9(8-10)15-14(19)16-12(13(17)18)11-6-3-7-21-11/h2-8,12H,1H3,(H,17,18)(H2,15,16,19). The van der Waals surface area contributed by atoms with E-state index in [0.29, 0.717) is 16.3 Å². The summed E-state index contributed by atoms with van der Waals surface area (Å²) >= 11 is 1.27. The summed E-state index contributed by atoms with van der Waals surface area (Å²) in [5.41, 5.74) is 0.516. The molecule has 2 aromatic rings. The number of methoxy groups -OCH3 is 1. The maximum absolute atomic E-state index is 11.9. The first-order valence-corrected chi connectivity index (χ1v) is 6.96. The number of thiophene rings is 1. The first kappa shape index (κ1) is 14.9. The highest BCUT2D eigenvalue weighted by atomic mass is 32.1. The Hall–Kier alpha value is -2.54. The van der Waals surface area contributed by atoms with Gasteiger partial charge in [-0.1, -0.05) is 12.1 Å². The molecule has 1 aromatic carbocycles. The molecule has 1 atom stereocenters. The molecule has 6 nitrogen and oxygen atoms in total. The van der Waals surface area contributed by atoms with E-state index in [-0.39, 0.29) is 0 Å². The van der Waals surface area contributed by atoms with Gasteiger partial charge in [-0.15, -0.1) is 11.3 Å². The van der Waals surface area contributed by atoms with Gasteiger partial charge in [0.1, 0.15) is 5.75 Å². The molecule has 1 unspecified atom stereocenters. The Kier molecular flexibility index (Phi) is 4.78. The van der Waals surface area contributed by atoms with Gasteiger partial charge in [0.15, 0.2) is 6.04 Å². The Bertz CT molecular complexity index is 628. The van der Waals surface area contributed by atoms with E-state index in [1.807, 2.05) is 0 Å². The number of carbonyl (C=O) groups excluding carboxylic acids is 1. The van der Waals surface area contributed by atoms with Crippen LogP contribution in [0.25, 0.3) is 0 Å². The van der Waals surface area contributed by atoms with Crippen molar-refractivity contribution in [1.82, 2.24) is 5.32 Å². The Labute approximate surface area is 125 Å². The molecule has 7 heteroatoms. The van der Waals surface area contributed by atoms with Crippen molar-refractivity contribution in [2.45, 2.75) is 6.04 Å². The van der Waals surface area contributed by atoms with Gasteiger partial charge >= 0.3 is 12.0 Å². The lowest BCUT2D eigenvalue weighted by atomic mass is 10.2. The highest BCUT2D eigenvalue weighted by Crippen LogP contribution is 2.20. The Morgan fingerprint density at radius 1 is 1.29 bits per heavy atom. The number of nitrogens with one attached hydrogen (secondary N) is 2. The second-order valence-electron chi connectivity index (χ2n) is 4.12. The first-order valence-electron chi connectivity index (χ1n) is 6.08. The average Bonchev–Trinajstić information content (AvgIpc) is 2.98. The number of carbonyl (C=O) groups is 2. The Balaban J connectivity index is 2.04. The second-order valence-corrected chi connectivity index (χ2v) is 5.10. The molecule has 0 aliphatic carbocycles. The largest absolute Gasteiger partial charge is 0.497 e. The highest BCUT2D eigenvalue weighted by molar-refractivity contribution is 7.10. The molecule has 0 saturated heterocycles. The Morgan fingerprint density at radius 2 is 2.10 bits per heavy atom. The monoisotopic (exact) mass is 306 g/mol. The molecule has 0 aliphatic rings. The number of hydrogen-bond donors (Lipinski definition) is 3.